The number of rotatable bonds is 8. The van der Waals surface area contributed by atoms with Crippen LogP contribution in [-0.2, 0) is 6.18 Å². The molecule has 0 amide bonds. The third-order valence-electron chi connectivity index (χ3n) is 6.01. The van der Waals surface area contributed by atoms with Gasteiger partial charge < -0.3 is 15.0 Å². The van der Waals surface area contributed by atoms with Crippen molar-refractivity contribution in [3.05, 3.63) is 96.2 Å². The van der Waals surface area contributed by atoms with E-state index in [4.69, 9.17) is 11.6 Å². The number of benzene rings is 3. The highest BCUT2D eigenvalue weighted by atomic mass is 32.2. The first kappa shape index (κ1) is 30.8. The maximum Gasteiger partial charge on any atom is 0.573 e. The Kier molecular flexibility index (Phi) is 8.83. The van der Waals surface area contributed by atoms with Crippen LogP contribution < -0.4 is 21.3 Å². The van der Waals surface area contributed by atoms with Crippen LogP contribution in [0.4, 0.5) is 32.0 Å². The van der Waals surface area contributed by atoms with Gasteiger partial charge in [0.15, 0.2) is 5.69 Å². The number of hydrogen-bond donors (Lipinski definition) is 2. The molecule has 1 heterocycles. The summed E-state index contributed by atoms with van der Waals surface area (Å²) in [4.78, 5) is 4.70. The zero-order valence-corrected chi connectivity index (χ0v) is 23.5. The summed E-state index contributed by atoms with van der Waals surface area (Å²) in [7, 11) is 0. The van der Waals surface area contributed by atoms with Gasteiger partial charge in [0.1, 0.15) is 11.6 Å². The lowest BCUT2D eigenvalue weighted by molar-refractivity contribution is -0.274. The summed E-state index contributed by atoms with van der Waals surface area (Å²) in [6.07, 6.45) is -7.52. The normalized spacial score (nSPS) is 12.6. The number of alkyl halides is 6. The summed E-state index contributed by atoms with van der Waals surface area (Å²) >= 11 is 1.67. The van der Waals surface area contributed by atoms with Crippen molar-refractivity contribution in [3.8, 4) is 22.6 Å². The molecule has 1 aromatic heterocycles. The predicted molar refractivity (Wildman–Crippen MR) is 152 cm³/mol. The van der Waals surface area contributed by atoms with Gasteiger partial charge in [0.2, 0.25) is 0 Å². The molecule has 4 rings (SSSR count). The van der Waals surface area contributed by atoms with Crippen molar-refractivity contribution >= 4 is 23.1 Å². The first-order chi connectivity index (χ1) is 19.7. The number of thioether (sulfide) groups is 1. The first-order valence-electron chi connectivity index (χ1n) is 12.5. The molecule has 0 fully saturated rings. The number of nitrogens with two attached hydrogens (primary N) is 2. The number of ether oxygens (including phenoxy) is 1. The van der Waals surface area contributed by atoms with E-state index in [1.165, 1.54) is 23.6 Å². The third kappa shape index (κ3) is 7.21. The van der Waals surface area contributed by atoms with Crippen molar-refractivity contribution in [2.75, 3.05) is 5.01 Å². The lowest BCUT2D eigenvalue weighted by Crippen LogP contribution is -2.31. The van der Waals surface area contributed by atoms with Crippen molar-refractivity contribution < 1.29 is 31.1 Å². The number of imidazole rings is 1. The van der Waals surface area contributed by atoms with Crippen molar-refractivity contribution in [2.45, 2.75) is 43.5 Å². The average molecular weight is 608 g/mol. The number of anilines is 1. The predicted octanol–water partition coefficient (Wildman–Crippen LogP) is 7.90. The third-order valence-corrected chi connectivity index (χ3v) is 7.00. The number of hydrogen-bond acceptors (Lipinski definition) is 6. The first-order valence-corrected chi connectivity index (χ1v) is 13.4. The van der Waals surface area contributed by atoms with Crippen LogP contribution in [0.5, 0.6) is 5.75 Å². The van der Waals surface area contributed by atoms with Crippen LogP contribution in [0.3, 0.4) is 0 Å². The van der Waals surface area contributed by atoms with Gasteiger partial charge in [-0.05, 0) is 66.6 Å². The van der Waals surface area contributed by atoms with Crippen LogP contribution in [0.2, 0.25) is 0 Å². The van der Waals surface area contributed by atoms with Crippen molar-refractivity contribution in [1.29, 1.82) is 0 Å². The van der Waals surface area contributed by atoms with Gasteiger partial charge in [0, 0.05) is 28.1 Å². The van der Waals surface area contributed by atoms with E-state index in [9.17, 15) is 26.3 Å². The maximum absolute atomic E-state index is 13.5. The molecule has 3 aromatic carbocycles. The fraction of sp³-hybridized carbons (Fsp3) is 0.207. The Balaban J connectivity index is 1.83. The van der Waals surface area contributed by atoms with Gasteiger partial charge in [0.05, 0.1) is 17.1 Å². The van der Waals surface area contributed by atoms with E-state index in [0.29, 0.717) is 10.8 Å². The van der Waals surface area contributed by atoms with Gasteiger partial charge in [0.25, 0.3) is 0 Å². The fourth-order valence-corrected chi connectivity index (χ4v) is 5.14. The van der Waals surface area contributed by atoms with E-state index in [-0.39, 0.29) is 22.9 Å². The van der Waals surface area contributed by atoms with E-state index >= 15 is 0 Å². The molecule has 222 valence electrons. The van der Waals surface area contributed by atoms with Gasteiger partial charge in [-0.3, -0.25) is 5.01 Å². The topological polar surface area (TPSA) is 82.3 Å². The summed E-state index contributed by atoms with van der Waals surface area (Å²) in [5.74, 6) is 6.18. The number of halogens is 6. The minimum Gasteiger partial charge on any atom is -0.406 e. The molecule has 0 aliphatic carbocycles. The number of nitrogens with zero attached hydrogens (tertiary/aromatic N) is 3. The molecule has 0 saturated carbocycles. The second-order valence-electron chi connectivity index (χ2n) is 9.43. The van der Waals surface area contributed by atoms with Crippen LogP contribution in [0.1, 0.15) is 30.9 Å². The number of hydrazine groups is 1. The zero-order chi connectivity index (χ0) is 30.8. The van der Waals surface area contributed by atoms with Gasteiger partial charge in [-0.15, -0.1) is 24.9 Å². The molecule has 42 heavy (non-hydrogen) atoms. The highest BCUT2D eigenvalue weighted by molar-refractivity contribution is 7.99. The zero-order valence-electron chi connectivity index (χ0n) is 22.7. The molecule has 0 aliphatic rings. The highest BCUT2D eigenvalue weighted by Crippen LogP contribution is 2.37. The standard InChI is InChI=1S/C29H27F6N5OS/c1-17(2)42-23-6-4-5-20(13-23)21-9-12-24(39-16-27(28(30,31)32)38-18(39)3)25(14-21)40(37)26(15-36)19-7-10-22(11-8-19)41-29(33,34)35/h4-17H,36-37H2,1-3H3/b26-15-. The second kappa shape index (κ2) is 12.0. The average Bonchev–Trinajstić information content (AvgIpc) is 3.30. The molecule has 0 radical (unpaired) electrons. The molecule has 4 aromatic rings. The second-order valence-corrected chi connectivity index (χ2v) is 11.1. The van der Waals surface area contributed by atoms with E-state index in [0.717, 1.165) is 45.6 Å². The molecule has 0 aliphatic heterocycles. The summed E-state index contributed by atoms with van der Waals surface area (Å²) in [6, 6.07) is 17.7. The van der Waals surface area contributed by atoms with E-state index in [1.54, 1.807) is 30.0 Å². The van der Waals surface area contributed by atoms with E-state index in [2.05, 4.69) is 23.6 Å². The Bertz CT molecular complexity index is 1580. The summed E-state index contributed by atoms with van der Waals surface area (Å²) in [5.41, 5.74) is 7.43. The fourth-order valence-electron chi connectivity index (χ4n) is 4.25. The molecule has 0 saturated heterocycles. The number of aryl methyl sites for hydroxylation is 1. The molecule has 4 N–H and O–H groups in total. The highest BCUT2D eigenvalue weighted by Gasteiger charge is 2.35. The molecule has 6 nitrogen and oxygen atoms in total. The maximum atomic E-state index is 13.5. The molecule has 0 bridgehead atoms. The molecule has 0 atom stereocenters. The smallest absolute Gasteiger partial charge is 0.406 e. The molecular weight excluding hydrogens is 580 g/mol. The van der Waals surface area contributed by atoms with Gasteiger partial charge in [-0.2, -0.15) is 13.2 Å². The minimum absolute atomic E-state index is 0.0620. The molecule has 13 heteroatoms. The van der Waals surface area contributed by atoms with Crippen molar-refractivity contribution in [1.82, 2.24) is 9.55 Å². The SMILES string of the molecule is Cc1nc(C(F)(F)F)cn1-c1ccc(-c2cccc(SC(C)C)c2)cc1N(N)/C(=C\N)c1ccc(OC(F)(F)F)cc1. The summed E-state index contributed by atoms with van der Waals surface area (Å²) < 4.78 is 83.6. The molecular formula is C29H27F6N5OS. The summed E-state index contributed by atoms with van der Waals surface area (Å²) in [6.45, 7) is 5.57. The lowest BCUT2D eigenvalue weighted by Gasteiger charge is -2.26. The van der Waals surface area contributed by atoms with Crippen LogP contribution >= 0.6 is 11.8 Å². The van der Waals surface area contributed by atoms with E-state index < -0.39 is 24.0 Å². The van der Waals surface area contributed by atoms with Crippen molar-refractivity contribution in [3.63, 3.8) is 0 Å². The van der Waals surface area contributed by atoms with E-state index in [1.807, 2.05) is 24.3 Å². The minimum atomic E-state index is -4.87. The van der Waals surface area contributed by atoms with Crippen LogP contribution in [-0.4, -0.2) is 21.2 Å². The molecule has 0 spiro atoms. The number of aromatic nitrogens is 2. The monoisotopic (exact) mass is 607 g/mol. The van der Waals surface area contributed by atoms with Crippen LogP contribution in [0.15, 0.2) is 84.0 Å². The lowest BCUT2D eigenvalue weighted by atomic mass is 10.0. The molecule has 0 unspecified atom stereocenters. The van der Waals surface area contributed by atoms with Crippen molar-refractivity contribution in [2.24, 2.45) is 11.6 Å². The Morgan fingerprint density at radius 1 is 0.976 bits per heavy atom. The van der Waals surface area contributed by atoms with Gasteiger partial charge in [-0.25, -0.2) is 10.8 Å². The van der Waals surface area contributed by atoms with Crippen LogP contribution in [0, 0.1) is 6.92 Å². The Morgan fingerprint density at radius 2 is 1.64 bits per heavy atom. The Hall–Kier alpha value is -4.10. The quantitative estimate of drug-likeness (QED) is 0.0917. The largest absolute Gasteiger partial charge is 0.573 e. The van der Waals surface area contributed by atoms with Crippen LogP contribution in [0.25, 0.3) is 22.5 Å². The Labute approximate surface area is 242 Å². The van der Waals surface area contributed by atoms with Gasteiger partial charge >= 0.3 is 12.5 Å². The Morgan fingerprint density at radius 3 is 2.21 bits per heavy atom. The summed E-state index contributed by atoms with van der Waals surface area (Å²) in [5, 5.41) is 1.51. The van der Waals surface area contributed by atoms with Gasteiger partial charge in [-0.1, -0.05) is 32.0 Å².